The van der Waals surface area contributed by atoms with Crippen LogP contribution in [0.15, 0.2) is 0 Å². The Balaban J connectivity index is 0. The van der Waals surface area contributed by atoms with E-state index < -0.39 is 36.0 Å². The van der Waals surface area contributed by atoms with Gasteiger partial charge in [-0.1, -0.05) is 0 Å². The topological polar surface area (TPSA) is 0 Å². The van der Waals surface area contributed by atoms with Gasteiger partial charge in [0.25, 0.3) is 0 Å². The van der Waals surface area contributed by atoms with E-state index in [0.717, 1.165) is 0 Å². The van der Waals surface area contributed by atoms with E-state index in [0.29, 0.717) is 0 Å². The van der Waals surface area contributed by atoms with Crippen LogP contribution in [0.2, 0.25) is 0 Å². The summed E-state index contributed by atoms with van der Waals surface area (Å²) in [5.74, 6) is -31.7. The quantitative estimate of drug-likeness (QED) is 0.393. The molecule has 0 N–H and O–H groups in total. The maximum absolute atomic E-state index is 12.3. The molecule has 0 radical (unpaired) electrons. The molecule has 0 amide bonds. The highest BCUT2D eigenvalue weighted by molar-refractivity contribution is 14.0. The van der Waals surface area contributed by atoms with Crippen molar-refractivity contribution in [3.8, 4) is 0 Å². The SMILES string of the molecule is FC(F)(F)C(F)(F)C(F)(F)C(F)(F)C(F)(F)C(F)(F)F.I. The Labute approximate surface area is 122 Å². The molecular formula is C6HF14I. The fraction of sp³-hybridized carbons (Fsp3) is 1.00. The molecule has 0 fully saturated rings. The third-order valence-corrected chi connectivity index (χ3v) is 1.90. The molecule has 0 heterocycles. The van der Waals surface area contributed by atoms with Gasteiger partial charge in [-0.05, 0) is 0 Å². The molecule has 0 spiro atoms. The number of hydrogen-bond donors (Lipinski definition) is 0. The zero-order valence-electron chi connectivity index (χ0n) is 8.70. The van der Waals surface area contributed by atoms with Crippen LogP contribution in [-0.2, 0) is 0 Å². The number of halogens is 15. The fourth-order valence-corrected chi connectivity index (χ4v) is 0.750. The van der Waals surface area contributed by atoms with Crippen molar-refractivity contribution in [1.29, 1.82) is 0 Å². The van der Waals surface area contributed by atoms with Gasteiger partial charge in [0.2, 0.25) is 0 Å². The second kappa shape index (κ2) is 5.43. The molecule has 0 atom stereocenters. The summed E-state index contributed by atoms with van der Waals surface area (Å²) in [6, 6.07) is 0. The molecule has 0 rings (SSSR count). The molecule has 0 aliphatic rings. The van der Waals surface area contributed by atoms with E-state index >= 15 is 0 Å². The van der Waals surface area contributed by atoms with Gasteiger partial charge in [0, 0.05) is 0 Å². The maximum Gasteiger partial charge on any atom is 0.460 e. The van der Waals surface area contributed by atoms with Crippen LogP contribution in [0.3, 0.4) is 0 Å². The Morgan fingerprint density at radius 1 is 0.286 bits per heavy atom. The molecule has 15 heteroatoms. The Morgan fingerprint density at radius 3 is 0.524 bits per heavy atom. The minimum Gasteiger partial charge on any atom is -0.192 e. The van der Waals surface area contributed by atoms with Gasteiger partial charge in [-0.2, -0.15) is 61.5 Å². The van der Waals surface area contributed by atoms with Crippen molar-refractivity contribution in [2.24, 2.45) is 0 Å². The van der Waals surface area contributed by atoms with Crippen molar-refractivity contribution < 1.29 is 61.5 Å². The van der Waals surface area contributed by atoms with Gasteiger partial charge in [0.15, 0.2) is 0 Å². The Kier molecular flexibility index (Phi) is 5.96. The molecule has 0 aliphatic heterocycles. The molecule has 0 nitrogen and oxygen atoms in total. The summed E-state index contributed by atoms with van der Waals surface area (Å²) in [5, 5.41) is 0. The smallest absolute Gasteiger partial charge is 0.192 e. The second-order valence-corrected chi connectivity index (χ2v) is 3.29. The first-order valence-electron chi connectivity index (χ1n) is 3.90. The van der Waals surface area contributed by atoms with Crippen LogP contribution in [0.25, 0.3) is 0 Å². The van der Waals surface area contributed by atoms with Crippen LogP contribution >= 0.6 is 24.0 Å². The standard InChI is InChI=1S/C6F14.HI/c7-1(8,3(11,12)5(15,16)17)2(9,10)4(13,14)6(18,19)20;/h;1H. The van der Waals surface area contributed by atoms with Gasteiger partial charge in [0.1, 0.15) is 0 Å². The van der Waals surface area contributed by atoms with Gasteiger partial charge in [-0.25, -0.2) is 0 Å². The monoisotopic (exact) mass is 466 g/mol. The van der Waals surface area contributed by atoms with Crippen LogP contribution in [0.5, 0.6) is 0 Å². The van der Waals surface area contributed by atoms with E-state index in [1.165, 1.54) is 0 Å². The largest absolute Gasteiger partial charge is 0.460 e. The van der Waals surface area contributed by atoms with Crippen molar-refractivity contribution in [3.63, 3.8) is 0 Å². The average molecular weight is 466 g/mol. The highest BCUT2D eigenvalue weighted by Gasteiger charge is 2.91. The van der Waals surface area contributed by atoms with E-state index in [1.54, 1.807) is 0 Å². The van der Waals surface area contributed by atoms with E-state index in [2.05, 4.69) is 0 Å². The maximum atomic E-state index is 12.3. The van der Waals surface area contributed by atoms with Crippen LogP contribution in [0, 0.1) is 0 Å². The van der Waals surface area contributed by atoms with Crippen molar-refractivity contribution in [2.75, 3.05) is 0 Å². The summed E-state index contributed by atoms with van der Waals surface area (Å²) < 4.78 is 166. The molecule has 0 bridgehead atoms. The van der Waals surface area contributed by atoms with E-state index in [4.69, 9.17) is 0 Å². The molecule has 0 aromatic heterocycles. The van der Waals surface area contributed by atoms with Crippen LogP contribution in [0.1, 0.15) is 0 Å². The van der Waals surface area contributed by atoms with Gasteiger partial charge in [0.05, 0.1) is 0 Å². The molecular weight excluding hydrogens is 465 g/mol. The number of rotatable bonds is 3. The Morgan fingerprint density at radius 2 is 0.429 bits per heavy atom. The second-order valence-electron chi connectivity index (χ2n) is 3.29. The number of alkyl halides is 14. The molecule has 130 valence electrons. The summed E-state index contributed by atoms with van der Waals surface area (Å²) >= 11 is 0. The van der Waals surface area contributed by atoms with Crippen molar-refractivity contribution >= 4 is 24.0 Å². The van der Waals surface area contributed by atoms with Gasteiger partial charge >= 0.3 is 36.0 Å². The molecule has 21 heavy (non-hydrogen) atoms. The normalized spacial score (nSPS) is 15.7. The predicted octanol–water partition coefficient (Wildman–Crippen LogP) is 5.27. The highest BCUT2D eigenvalue weighted by Crippen LogP contribution is 2.60. The zero-order valence-corrected chi connectivity index (χ0v) is 11.0. The highest BCUT2D eigenvalue weighted by atomic mass is 127. The summed E-state index contributed by atoms with van der Waals surface area (Å²) in [7, 11) is 0. The van der Waals surface area contributed by atoms with E-state index in [1.807, 2.05) is 0 Å². The molecule has 0 aromatic carbocycles. The zero-order chi connectivity index (χ0) is 17.0. The first kappa shape index (κ1) is 23.0. The summed E-state index contributed by atoms with van der Waals surface area (Å²) in [5.41, 5.74) is 0. The van der Waals surface area contributed by atoms with Gasteiger partial charge < -0.3 is 0 Å². The molecule has 0 unspecified atom stereocenters. The Hall–Kier alpha value is -0.250. The minimum atomic E-state index is -8.04. The minimum absolute atomic E-state index is 0. The average Bonchev–Trinajstić information content (AvgIpc) is 2.12. The van der Waals surface area contributed by atoms with E-state index in [-0.39, 0.29) is 24.0 Å². The first-order valence-corrected chi connectivity index (χ1v) is 3.90. The third-order valence-electron chi connectivity index (χ3n) is 1.90. The molecule has 0 saturated carbocycles. The van der Waals surface area contributed by atoms with Crippen LogP contribution in [-0.4, -0.2) is 36.0 Å². The van der Waals surface area contributed by atoms with Crippen LogP contribution < -0.4 is 0 Å². The lowest BCUT2D eigenvalue weighted by Gasteiger charge is -2.37. The molecule has 0 saturated heterocycles. The van der Waals surface area contributed by atoms with Gasteiger partial charge in [-0.15, -0.1) is 24.0 Å². The lowest BCUT2D eigenvalue weighted by Crippen LogP contribution is -2.69. The van der Waals surface area contributed by atoms with Crippen LogP contribution in [0.4, 0.5) is 61.5 Å². The predicted molar refractivity (Wildman–Crippen MR) is 47.3 cm³/mol. The van der Waals surface area contributed by atoms with Gasteiger partial charge in [-0.3, -0.25) is 0 Å². The number of hydrogen-bond acceptors (Lipinski definition) is 0. The summed E-state index contributed by atoms with van der Waals surface area (Å²) in [6.07, 6.45) is -15.0. The first-order chi connectivity index (χ1) is 8.25. The van der Waals surface area contributed by atoms with E-state index in [9.17, 15) is 61.5 Å². The Bertz CT molecular complexity index is 325. The lowest BCUT2D eigenvalue weighted by molar-refractivity contribution is -0.451. The molecule has 0 aliphatic carbocycles. The van der Waals surface area contributed by atoms with Crippen molar-refractivity contribution in [2.45, 2.75) is 36.0 Å². The lowest BCUT2D eigenvalue weighted by atomic mass is 9.98. The molecule has 0 aromatic rings. The fourth-order valence-electron chi connectivity index (χ4n) is 0.750. The van der Waals surface area contributed by atoms with Crippen molar-refractivity contribution in [1.82, 2.24) is 0 Å². The third kappa shape index (κ3) is 3.11. The summed E-state index contributed by atoms with van der Waals surface area (Å²) in [4.78, 5) is 0. The van der Waals surface area contributed by atoms with Crippen molar-refractivity contribution in [3.05, 3.63) is 0 Å². The summed E-state index contributed by atoms with van der Waals surface area (Å²) in [6.45, 7) is 0.